The number of nitrogens with zero attached hydrogens (tertiary/aromatic N) is 5. The molecule has 6 rings (SSSR count). The predicted molar refractivity (Wildman–Crippen MR) is 152 cm³/mol. The molecule has 0 unspecified atom stereocenters. The molecule has 3 atom stereocenters. The molecule has 3 N–H and O–H groups in total. The number of anilines is 1. The number of nitro groups is 2. The van der Waals surface area contributed by atoms with Crippen LogP contribution >= 0.6 is 0 Å². The van der Waals surface area contributed by atoms with Gasteiger partial charge in [-0.05, 0) is 30.7 Å². The molecule has 0 amide bonds. The van der Waals surface area contributed by atoms with Crippen LogP contribution in [0.1, 0.15) is 19.3 Å². The first-order valence-electron chi connectivity index (χ1n) is 13.5. The summed E-state index contributed by atoms with van der Waals surface area (Å²) in [6, 6.07) is 8.81. The molecule has 17 heteroatoms. The van der Waals surface area contributed by atoms with Crippen molar-refractivity contribution in [2.75, 3.05) is 45.4 Å². The number of ether oxygens (including phenoxy) is 5. The van der Waals surface area contributed by atoms with E-state index in [1.54, 1.807) is 18.3 Å². The predicted octanol–water partition coefficient (Wildman–Crippen LogP) is 2.89. The molecule has 0 bridgehead atoms. The Bertz CT molecular complexity index is 1320. The number of hydrogen-bond acceptors (Lipinski definition) is 14. The van der Waals surface area contributed by atoms with E-state index in [0.29, 0.717) is 38.0 Å². The minimum atomic E-state index is -1.05. The van der Waals surface area contributed by atoms with Crippen molar-refractivity contribution in [3.8, 4) is 11.8 Å². The zero-order valence-corrected chi connectivity index (χ0v) is 23.6. The molecule has 3 aliphatic rings. The zero-order valence-electron chi connectivity index (χ0n) is 23.6. The van der Waals surface area contributed by atoms with Gasteiger partial charge in [-0.3, -0.25) is 20.2 Å². The molecule has 44 heavy (non-hydrogen) atoms. The number of aliphatic hydroxyl groups excluding tert-OH is 1. The lowest BCUT2D eigenvalue weighted by Gasteiger charge is -2.11. The van der Waals surface area contributed by atoms with Crippen molar-refractivity contribution in [2.45, 2.75) is 37.6 Å². The third-order valence-electron chi connectivity index (χ3n) is 5.92. The van der Waals surface area contributed by atoms with Crippen molar-refractivity contribution in [1.82, 2.24) is 15.0 Å². The number of aromatic nitrogens is 3. The van der Waals surface area contributed by atoms with E-state index in [2.05, 4.69) is 15.0 Å². The Morgan fingerprint density at radius 2 is 1.27 bits per heavy atom. The Hall–Kier alpha value is -4.58. The first-order valence-corrected chi connectivity index (χ1v) is 13.5. The summed E-state index contributed by atoms with van der Waals surface area (Å²) < 4.78 is 38.3. The number of hydrogen-bond donors (Lipinski definition) is 2. The normalized spacial score (nSPS) is 20.1. The highest BCUT2D eigenvalue weighted by Gasteiger charge is 2.23. The van der Waals surface area contributed by atoms with Crippen LogP contribution in [-0.2, 0) is 14.2 Å². The molecule has 3 saturated heterocycles. The maximum atomic E-state index is 12.3. The van der Waals surface area contributed by atoms with Gasteiger partial charge in [0, 0.05) is 50.2 Å². The molecular weight excluding hydrogens is 587 g/mol. The first kappa shape index (κ1) is 33.9. The molecule has 0 spiro atoms. The first-order chi connectivity index (χ1) is 21.2. The molecule has 0 saturated carbocycles. The van der Waals surface area contributed by atoms with E-state index in [1.807, 2.05) is 0 Å². The second-order valence-corrected chi connectivity index (χ2v) is 9.28. The standard InChI is InChI=1S/C9H10N2O4.C9H12N2O2.C5H3FN2O2.C4H8O2/c12-11(13)8-2-1-4-10-9(8)15-7-3-5-14-6-7;10-8-2-1-4-11-9(8)13-7-3-5-12-6-7;6-5-4(8(9)10)2-1-3-7-5;5-4-1-2-6-3-4/h1-2,4,7H,3,5-6H2;1-2,4,7H,3,5-6,10H2;1-3H;4-5H,1-3H2/t2*7-;;4-/m11.1/s1. The molecule has 3 aromatic heterocycles. The summed E-state index contributed by atoms with van der Waals surface area (Å²) in [5.74, 6) is -0.469. The van der Waals surface area contributed by atoms with Gasteiger partial charge in [0.2, 0.25) is 5.88 Å². The quantitative estimate of drug-likeness (QED) is 0.230. The van der Waals surface area contributed by atoms with Crippen LogP contribution in [0.4, 0.5) is 21.5 Å². The van der Waals surface area contributed by atoms with Gasteiger partial charge in [0.05, 0.1) is 54.7 Å². The SMILES string of the molecule is Nc1cccnc1O[C@@H]1CCOC1.O=[N+]([O-])c1cccnc1F.O=[N+]([O-])c1cccnc1O[C@@H]1CCOC1.O[C@@H]1CCOC1. The Morgan fingerprint density at radius 3 is 1.70 bits per heavy atom. The van der Waals surface area contributed by atoms with Crippen LogP contribution in [0.2, 0.25) is 0 Å². The zero-order chi connectivity index (χ0) is 31.7. The van der Waals surface area contributed by atoms with Gasteiger partial charge in [0.25, 0.3) is 11.8 Å². The van der Waals surface area contributed by atoms with Crippen LogP contribution < -0.4 is 15.2 Å². The second kappa shape index (κ2) is 18.2. The molecule has 238 valence electrons. The van der Waals surface area contributed by atoms with Crippen molar-refractivity contribution in [3.05, 3.63) is 81.2 Å². The van der Waals surface area contributed by atoms with Crippen molar-refractivity contribution < 1.29 is 43.0 Å². The molecule has 0 aliphatic carbocycles. The number of halogens is 1. The van der Waals surface area contributed by atoms with Crippen molar-refractivity contribution in [3.63, 3.8) is 0 Å². The van der Waals surface area contributed by atoms with Crippen LogP contribution in [0.5, 0.6) is 11.8 Å². The molecule has 3 fully saturated rings. The average molecular weight is 621 g/mol. The highest BCUT2D eigenvalue weighted by molar-refractivity contribution is 5.47. The Kier molecular flexibility index (Phi) is 14.0. The molecule has 6 heterocycles. The average Bonchev–Trinajstić information content (AvgIpc) is 3.81. The number of pyridine rings is 3. The van der Waals surface area contributed by atoms with Crippen molar-refractivity contribution >= 4 is 17.1 Å². The molecule has 3 aliphatic heterocycles. The fourth-order valence-corrected chi connectivity index (χ4v) is 3.68. The van der Waals surface area contributed by atoms with Crippen LogP contribution in [0.15, 0.2) is 55.0 Å². The summed E-state index contributed by atoms with van der Waals surface area (Å²) in [6.45, 7) is 3.77. The van der Waals surface area contributed by atoms with Crippen LogP contribution in [0.25, 0.3) is 0 Å². The molecule has 0 radical (unpaired) electrons. The van der Waals surface area contributed by atoms with E-state index in [4.69, 9.17) is 34.5 Å². The van der Waals surface area contributed by atoms with Gasteiger partial charge >= 0.3 is 11.4 Å². The van der Waals surface area contributed by atoms with Crippen LogP contribution in [0, 0.1) is 26.2 Å². The molecular formula is C27H33FN6O10. The summed E-state index contributed by atoms with van der Waals surface area (Å²) in [5.41, 5.74) is 5.55. The summed E-state index contributed by atoms with van der Waals surface area (Å²) >= 11 is 0. The van der Waals surface area contributed by atoms with Gasteiger partial charge in [-0.2, -0.15) is 4.39 Å². The van der Waals surface area contributed by atoms with Crippen molar-refractivity contribution in [1.29, 1.82) is 0 Å². The third-order valence-corrected chi connectivity index (χ3v) is 5.92. The maximum absolute atomic E-state index is 12.3. The van der Waals surface area contributed by atoms with E-state index < -0.39 is 21.5 Å². The highest BCUT2D eigenvalue weighted by atomic mass is 19.1. The van der Waals surface area contributed by atoms with E-state index in [-0.39, 0.29) is 29.9 Å². The smallest absolute Gasteiger partial charge is 0.330 e. The fraction of sp³-hybridized carbons (Fsp3) is 0.444. The molecule has 0 aromatic carbocycles. The van der Waals surface area contributed by atoms with Crippen LogP contribution in [-0.4, -0.2) is 87.9 Å². The Labute approximate surface area is 251 Å². The Morgan fingerprint density at radius 1 is 0.773 bits per heavy atom. The number of aliphatic hydroxyl groups is 1. The van der Waals surface area contributed by atoms with Gasteiger partial charge in [0.15, 0.2) is 0 Å². The lowest BCUT2D eigenvalue weighted by Crippen LogP contribution is -2.17. The molecule has 3 aromatic rings. The maximum Gasteiger partial charge on any atom is 0.330 e. The summed E-state index contributed by atoms with van der Waals surface area (Å²) in [5, 5.41) is 29.2. The fourth-order valence-electron chi connectivity index (χ4n) is 3.68. The second-order valence-electron chi connectivity index (χ2n) is 9.28. The van der Waals surface area contributed by atoms with Gasteiger partial charge in [-0.1, -0.05) is 0 Å². The summed E-state index contributed by atoms with van der Waals surface area (Å²) in [6.07, 6.45) is 6.58. The summed E-state index contributed by atoms with van der Waals surface area (Å²) in [7, 11) is 0. The topological polar surface area (TPSA) is 217 Å². The number of nitrogen functional groups attached to an aromatic ring is 1. The minimum absolute atomic E-state index is 0.0676. The number of nitrogens with two attached hydrogens (primary N) is 1. The Balaban J connectivity index is 0.000000167. The van der Waals surface area contributed by atoms with Gasteiger partial charge < -0.3 is 34.5 Å². The number of rotatable bonds is 6. The lowest BCUT2D eigenvalue weighted by atomic mass is 10.3. The lowest BCUT2D eigenvalue weighted by molar-refractivity contribution is -0.388. The van der Waals surface area contributed by atoms with E-state index in [0.717, 1.165) is 44.7 Å². The summed E-state index contributed by atoms with van der Waals surface area (Å²) in [4.78, 5) is 30.3. The van der Waals surface area contributed by atoms with Crippen molar-refractivity contribution in [2.24, 2.45) is 0 Å². The van der Waals surface area contributed by atoms with Gasteiger partial charge in [0.1, 0.15) is 12.2 Å². The third kappa shape index (κ3) is 11.6. The molecule has 16 nitrogen and oxygen atoms in total. The van der Waals surface area contributed by atoms with Gasteiger partial charge in [-0.15, -0.1) is 0 Å². The van der Waals surface area contributed by atoms with E-state index >= 15 is 0 Å². The van der Waals surface area contributed by atoms with E-state index in [1.165, 1.54) is 24.4 Å². The van der Waals surface area contributed by atoms with E-state index in [9.17, 15) is 24.6 Å². The monoisotopic (exact) mass is 620 g/mol. The minimum Gasteiger partial charge on any atom is -0.470 e. The van der Waals surface area contributed by atoms with Gasteiger partial charge in [-0.25, -0.2) is 15.0 Å². The highest BCUT2D eigenvalue weighted by Crippen LogP contribution is 2.25. The largest absolute Gasteiger partial charge is 0.470 e. The van der Waals surface area contributed by atoms with Crippen LogP contribution in [0.3, 0.4) is 0 Å².